The highest BCUT2D eigenvalue weighted by atomic mass is 16.3. The van der Waals surface area contributed by atoms with Crippen LogP contribution in [-0.2, 0) is 0 Å². The Morgan fingerprint density at radius 3 is 2.00 bits per heavy atom. The molecule has 0 saturated heterocycles. The summed E-state index contributed by atoms with van der Waals surface area (Å²) in [4.78, 5) is 0. The van der Waals surface area contributed by atoms with Crippen LogP contribution in [0, 0.1) is 11.3 Å². The van der Waals surface area contributed by atoms with Crippen LogP contribution in [0.5, 0.6) is 0 Å². The second-order valence-corrected chi connectivity index (χ2v) is 0.801. The second kappa shape index (κ2) is 5.63. The second-order valence-electron chi connectivity index (χ2n) is 0.801. The van der Waals surface area contributed by atoms with Crippen LogP contribution in [0.2, 0.25) is 0 Å². The van der Waals surface area contributed by atoms with Crippen molar-refractivity contribution in [2.24, 2.45) is 0 Å². The van der Waals surface area contributed by atoms with Gasteiger partial charge in [-0.15, -0.1) is 10.2 Å². The third-order valence-corrected chi connectivity index (χ3v) is 0.283. The number of nitriles is 1. The average molecular weight is 111 g/mol. The molecule has 1 rings (SSSR count). The summed E-state index contributed by atoms with van der Waals surface area (Å²) in [6, 6.07) is 1.75. The number of hydrogen-bond acceptors (Lipinski definition) is 4. The molecule has 0 amide bonds. The molecule has 0 aliphatic heterocycles. The zero-order valence-electron chi connectivity index (χ0n) is 4.40. The molecular weight excluding hydrogens is 106 g/mol. The van der Waals surface area contributed by atoms with Crippen molar-refractivity contribution in [3.8, 4) is 6.07 Å². The van der Waals surface area contributed by atoms with Crippen molar-refractivity contribution in [1.82, 2.24) is 10.2 Å². The number of rotatable bonds is 0. The molecule has 0 aliphatic rings. The summed E-state index contributed by atoms with van der Waals surface area (Å²) >= 11 is 0. The van der Waals surface area contributed by atoms with E-state index in [1.54, 1.807) is 6.07 Å². The number of aromatic nitrogens is 2. The molecule has 0 unspecified atom stereocenters. The third kappa shape index (κ3) is 4.63. The Hall–Kier alpha value is -1.37. The van der Waals surface area contributed by atoms with Gasteiger partial charge in [0.15, 0.2) is 0 Å². The highest BCUT2D eigenvalue weighted by Crippen LogP contribution is 1.64. The van der Waals surface area contributed by atoms with Crippen LogP contribution in [0.15, 0.2) is 17.2 Å². The van der Waals surface area contributed by atoms with E-state index in [1.807, 2.05) is 0 Å². The Balaban J connectivity index is 0.000000145. The molecule has 0 aliphatic carbocycles. The molecule has 0 N–H and O–H groups in total. The van der Waals surface area contributed by atoms with E-state index in [4.69, 9.17) is 5.26 Å². The first-order valence-electron chi connectivity index (χ1n) is 1.91. The van der Waals surface area contributed by atoms with Gasteiger partial charge in [-0.2, -0.15) is 5.26 Å². The van der Waals surface area contributed by atoms with Crippen molar-refractivity contribution in [3.63, 3.8) is 0 Å². The van der Waals surface area contributed by atoms with E-state index >= 15 is 0 Å². The molecule has 0 aromatic carbocycles. The molecule has 0 atom stereocenters. The van der Waals surface area contributed by atoms with Crippen molar-refractivity contribution < 1.29 is 4.42 Å². The Morgan fingerprint density at radius 2 is 1.88 bits per heavy atom. The standard InChI is InChI=1S/C2H2N2O.C2H3N/c1-3-4-2-5-1;1-2-3/h1-2H;1H3. The summed E-state index contributed by atoms with van der Waals surface area (Å²) in [6.45, 7) is 1.43. The predicted molar refractivity (Wildman–Crippen MR) is 25.6 cm³/mol. The SMILES string of the molecule is CC#N.c1nnco1. The Labute approximate surface area is 46.8 Å². The zero-order chi connectivity index (χ0) is 6.24. The minimum absolute atomic E-state index is 1.26. The van der Waals surface area contributed by atoms with E-state index in [0.717, 1.165) is 0 Å². The van der Waals surface area contributed by atoms with Crippen LogP contribution >= 0.6 is 0 Å². The van der Waals surface area contributed by atoms with Crippen LogP contribution in [0.25, 0.3) is 0 Å². The van der Waals surface area contributed by atoms with E-state index in [0.29, 0.717) is 0 Å². The van der Waals surface area contributed by atoms with Gasteiger partial charge in [0.2, 0.25) is 12.8 Å². The van der Waals surface area contributed by atoms with Gasteiger partial charge >= 0.3 is 0 Å². The van der Waals surface area contributed by atoms with Crippen LogP contribution in [0.3, 0.4) is 0 Å². The molecule has 42 valence electrons. The van der Waals surface area contributed by atoms with Gasteiger partial charge in [-0.1, -0.05) is 0 Å². The van der Waals surface area contributed by atoms with Crippen molar-refractivity contribution >= 4 is 0 Å². The van der Waals surface area contributed by atoms with Gasteiger partial charge in [0.1, 0.15) is 0 Å². The highest BCUT2D eigenvalue weighted by Gasteiger charge is 1.60. The fourth-order valence-corrected chi connectivity index (χ4v) is 0.136. The Morgan fingerprint density at radius 1 is 1.50 bits per heavy atom. The summed E-state index contributed by atoms with van der Waals surface area (Å²) in [5.41, 5.74) is 0. The molecule has 0 radical (unpaired) electrons. The lowest BCUT2D eigenvalue weighted by atomic mass is 11.0. The van der Waals surface area contributed by atoms with E-state index < -0.39 is 0 Å². The zero-order valence-corrected chi connectivity index (χ0v) is 4.40. The van der Waals surface area contributed by atoms with E-state index in [1.165, 1.54) is 19.7 Å². The molecule has 1 heterocycles. The van der Waals surface area contributed by atoms with Crippen LogP contribution in [-0.4, -0.2) is 10.2 Å². The van der Waals surface area contributed by atoms with E-state index in [9.17, 15) is 0 Å². The highest BCUT2D eigenvalue weighted by molar-refractivity contribution is 4.51. The van der Waals surface area contributed by atoms with Crippen LogP contribution < -0.4 is 0 Å². The van der Waals surface area contributed by atoms with E-state index in [2.05, 4.69) is 14.6 Å². The largest absolute Gasteiger partial charge is 0.431 e. The summed E-state index contributed by atoms with van der Waals surface area (Å²) in [5, 5.41) is 13.9. The maximum atomic E-state index is 7.32. The van der Waals surface area contributed by atoms with Gasteiger partial charge in [-0.3, -0.25) is 0 Å². The molecular formula is C4H5N3O. The lowest BCUT2D eigenvalue weighted by molar-refractivity contribution is 0.553. The van der Waals surface area contributed by atoms with Gasteiger partial charge < -0.3 is 4.42 Å². The van der Waals surface area contributed by atoms with Crippen molar-refractivity contribution in [1.29, 1.82) is 5.26 Å². The van der Waals surface area contributed by atoms with Gasteiger partial charge in [-0.05, 0) is 0 Å². The molecule has 1 aromatic rings. The predicted octanol–water partition coefficient (Wildman–Crippen LogP) is 0.599. The van der Waals surface area contributed by atoms with Gasteiger partial charge in [-0.25, -0.2) is 0 Å². The monoisotopic (exact) mass is 111 g/mol. The molecule has 0 saturated carbocycles. The Bertz CT molecular complexity index is 124. The van der Waals surface area contributed by atoms with Crippen molar-refractivity contribution in [2.75, 3.05) is 0 Å². The minimum Gasteiger partial charge on any atom is -0.431 e. The van der Waals surface area contributed by atoms with Gasteiger partial charge in [0, 0.05) is 6.92 Å². The lowest BCUT2D eigenvalue weighted by Crippen LogP contribution is -1.53. The van der Waals surface area contributed by atoms with Gasteiger partial charge in [0.25, 0.3) is 0 Å². The fourth-order valence-electron chi connectivity index (χ4n) is 0.136. The van der Waals surface area contributed by atoms with Crippen LogP contribution in [0.4, 0.5) is 0 Å². The third-order valence-electron chi connectivity index (χ3n) is 0.283. The first-order chi connectivity index (χ1) is 3.91. The average Bonchev–Trinajstić information content (AvgIpc) is 2.17. The normalized spacial score (nSPS) is 6.00. The molecule has 1 aromatic heterocycles. The van der Waals surface area contributed by atoms with Crippen molar-refractivity contribution in [3.05, 3.63) is 12.8 Å². The van der Waals surface area contributed by atoms with E-state index in [-0.39, 0.29) is 0 Å². The summed E-state index contributed by atoms with van der Waals surface area (Å²) < 4.78 is 4.36. The summed E-state index contributed by atoms with van der Waals surface area (Å²) in [7, 11) is 0. The minimum atomic E-state index is 1.26. The molecule has 0 fully saturated rings. The first kappa shape index (κ1) is 6.63. The smallest absolute Gasteiger partial charge is 0.203 e. The fraction of sp³-hybridized carbons (Fsp3) is 0.250. The molecule has 8 heavy (non-hydrogen) atoms. The number of hydrogen-bond donors (Lipinski definition) is 0. The molecule has 0 spiro atoms. The summed E-state index contributed by atoms with van der Waals surface area (Å²) in [6.07, 6.45) is 2.53. The first-order valence-corrected chi connectivity index (χ1v) is 1.91. The topological polar surface area (TPSA) is 62.7 Å². The molecule has 4 heteroatoms. The van der Waals surface area contributed by atoms with Crippen LogP contribution in [0.1, 0.15) is 6.92 Å². The molecule has 4 nitrogen and oxygen atoms in total. The maximum absolute atomic E-state index is 7.32. The maximum Gasteiger partial charge on any atom is 0.203 e. The summed E-state index contributed by atoms with van der Waals surface area (Å²) in [5.74, 6) is 0. The van der Waals surface area contributed by atoms with Crippen molar-refractivity contribution in [2.45, 2.75) is 6.92 Å². The molecule has 0 bridgehead atoms. The quantitative estimate of drug-likeness (QED) is 0.491. The Kier molecular flexibility index (Phi) is 4.67. The van der Waals surface area contributed by atoms with Gasteiger partial charge in [0.05, 0.1) is 6.07 Å². The number of nitrogens with zero attached hydrogens (tertiary/aromatic N) is 3. The lowest BCUT2D eigenvalue weighted by Gasteiger charge is -1.44.